The number of halogens is 2. The summed E-state index contributed by atoms with van der Waals surface area (Å²) in [4.78, 5) is 27.9. The number of likely N-dealkylation sites (tertiary alicyclic amines) is 1. The molecule has 4 aromatic rings. The van der Waals surface area contributed by atoms with Crippen LogP contribution in [-0.2, 0) is 11.2 Å². The number of esters is 1. The van der Waals surface area contributed by atoms with E-state index in [4.69, 9.17) is 20.9 Å². The van der Waals surface area contributed by atoms with Crippen molar-refractivity contribution >= 4 is 23.5 Å². The van der Waals surface area contributed by atoms with Crippen molar-refractivity contribution in [3.63, 3.8) is 0 Å². The van der Waals surface area contributed by atoms with Crippen LogP contribution < -0.4 is 0 Å². The van der Waals surface area contributed by atoms with Crippen LogP contribution in [0.2, 0.25) is 5.02 Å². The molecule has 40 heavy (non-hydrogen) atoms. The van der Waals surface area contributed by atoms with Crippen LogP contribution >= 0.6 is 11.6 Å². The third kappa shape index (κ3) is 5.25. The number of nitrogens with zero attached hydrogens (tertiary/aromatic N) is 4. The van der Waals surface area contributed by atoms with Crippen LogP contribution in [0.3, 0.4) is 0 Å². The maximum Gasteiger partial charge on any atom is 0.358 e. The molecular weight excluding hydrogens is 535 g/mol. The summed E-state index contributed by atoms with van der Waals surface area (Å²) in [5.74, 6) is -1.05. The van der Waals surface area contributed by atoms with Crippen molar-refractivity contribution in [3.05, 3.63) is 82.0 Å². The van der Waals surface area contributed by atoms with Gasteiger partial charge in [-0.15, -0.1) is 0 Å². The van der Waals surface area contributed by atoms with Crippen molar-refractivity contribution in [2.45, 2.75) is 46.1 Å². The third-order valence-corrected chi connectivity index (χ3v) is 7.57. The predicted octanol–water partition coefficient (Wildman–Crippen LogP) is 6.52. The lowest BCUT2D eigenvalue weighted by Gasteiger charge is -2.33. The summed E-state index contributed by atoms with van der Waals surface area (Å²) in [5.41, 5.74) is 3.57. The fourth-order valence-electron chi connectivity index (χ4n) is 5.09. The number of piperidine rings is 1. The van der Waals surface area contributed by atoms with Gasteiger partial charge in [0.15, 0.2) is 5.69 Å². The average molecular weight is 565 g/mol. The quantitative estimate of drug-likeness (QED) is 0.237. The van der Waals surface area contributed by atoms with E-state index in [1.807, 2.05) is 16.8 Å². The molecule has 10 heteroatoms. The van der Waals surface area contributed by atoms with E-state index in [0.29, 0.717) is 31.7 Å². The maximum absolute atomic E-state index is 14.7. The Morgan fingerprint density at radius 3 is 2.50 bits per heavy atom. The molecule has 1 saturated heterocycles. The van der Waals surface area contributed by atoms with Crippen LogP contribution in [0.1, 0.15) is 64.9 Å². The summed E-state index contributed by atoms with van der Waals surface area (Å²) in [6.07, 6.45) is 2.14. The van der Waals surface area contributed by atoms with Crippen molar-refractivity contribution in [2.24, 2.45) is 0 Å². The zero-order valence-corrected chi connectivity index (χ0v) is 23.4. The molecular formula is C30H30ClFN4O4. The molecule has 0 radical (unpaired) electrons. The number of rotatable bonds is 7. The van der Waals surface area contributed by atoms with Gasteiger partial charge in [-0.1, -0.05) is 54.0 Å². The molecule has 2 aromatic heterocycles. The Morgan fingerprint density at radius 2 is 1.85 bits per heavy atom. The van der Waals surface area contributed by atoms with Gasteiger partial charge in [-0.3, -0.25) is 9.48 Å². The molecule has 0 unspecified atom stereocenters. The highest BCUT2D eigenvalue weighted by molar-refractivity contribution is 6.33. The standard InChI is InChI=1S/C30H30ClFN4O4/c1-4-19-9-11-20(12-10-19)25-17-24(30(38)39-5-2)33-36(25)21-13-15-35(16-14-21)29(37)26-18(3)40-34-28(26)27-22(31)7-6-8-23(27)32/h6-12,17,21H,4-5,13-16H2,1-3H3. The first kappa shape index (κ1) is 27.6. The molecule has 1 aliphatic heterocycles. The number of hydrogen-bond acceptors (Lipinski definition) is 6. The second-order valence-corrected chi connectivity index (χ2v) is 10.1. The molecule has 2 aromatic carbocycles. The Labute approximate surface area is 236 Å². The molecule has 0 bridgehead atoms. The van der Waals surface area contributed by atoms with Gasteiger partial charge >= 0.3 is 5.97 Å². The first-order valence-electron chi connectivity index (χ1n) is 13.4. The van der Waals surface area contributed by atoms with Gasteiger partial charge in [-0.25, -0.2) is 9.18 Å². The van der Waals surface area contributed by atoms with Gasteiger partial charge < -0.3 is 14.2 Å². The number of amides is 1. The van der Waals surface area contributed by atoms with Gasteiger partial charge in [0.2, 0.25) is 0 Å². The van der Waals surface area contributed by atoms with E-state index in [2.05, 4.69) is 29.3 Å². The Balaban J connectivity index is 1.40. The Kier molecular flexibility index (Phi) is 8.02. The second-order valence-electron chi connectivity index (χ2n) is 9.71. The summed E-state index contributed by atoms with van der Waals surface area (Å²) in [6, 6.07) is 14.2. The molecule has 0 N–H and O–H groups in total. The topological polar surface area (TPSA) is 90.5 Å². The fraction of sp³-hybridized carbons (Fsp3) is 0.333. The zero-order valence-electron chi connectivity index (χ0n) is 22.6. The summed E-state index contributed by atoms with van der Waals surface area (Å²) in [7, 11) is 0. The first-order chi connectivity index (χ1) is 19.3. The molecule has 0 saturated carbocycles. The minimum absolute atomic E-state index is 0.0426. The van der Waals surface area contributed by atoms with Crippen LogP contribution in [0.25, 0.3) is 22.5 Å². The van der Waals surface area contributed by atoms with Crippen molar-refractivity contribution in [2.75, 3.05) is 19.7 Å². The van der Waals surface area contributed by atoms with Gasteiger partial charge in [-0.05, 0) is 62.4 Å². The molecule has 0 atom stereocenters. The van der Waals surface area contributed by atoms with E-state index in [1.165, 1.54) is 17.7 Å². The van der Waals surface area contributed by atoms with Gasteiger partial charge in [0.25, 0.3) is 5.91 Å². The van der Waals surface area contributed by atoms with E-state index in [0.717, 1.165) is 17.7 Å². The maximum atomic E-state index is 14.7. The van der Waals surface area contributed by atoms with Gasteiger partial charge in [0, 0.05) is 13.1 Å². The van der Waals surface area contributed by atoms with E-state index in [9.17, 15) is 14.0 Å². The Bertz CT molecular complexity index is 1520. The summed E-state index contributed by atoms with van der Waals surface area (Å²) >= 11 is 6.26. The smallest absolute Gasteiger partial charge is 0.358 e. The Morgan fingerprint density at radius 1 is 1.12 bits per heavy atom. The van der Waals surface area contributed by atoms with Gasteiger partial charge in [-0.2, -0.15) is 5.10 Å². The van der Waals surface area contributed by atoms with E-state index in [1.54, 1.807) is 30.9 Å². The molecule has 8 nitrogen and oxygen atoms in total. The third-order valence-electron chi connectivity index (χ3n) is 7.25. The first-order valence-corrected chi connectivity index (χ1v) is 13.8. The lowest BCUT2D eigenvalue weighted by Crippen LogP contribution is -2.39. The lowest BCUT2D eigenvalue weighted by atomic mass is 10.0. The average Bonchev–Trinajstić information content (AvgIpc) is 3.57. The van der Waals surface area contributed by atoms with Crippen LogP contribution in [-0.4, -0.2) is 51.4 Å². The van der Waals surface area contributed by atoms with Crippen LogP contribution in [0.4, 0.5) is 4.39 Å². The van der Waals surface area contributed by atoms with Crippen molar-refractivity contribution in [1.82, 2.24) is 19.8 Å². The number of ether oxygens (including phenoxy) is 1. The summed E-state index contributed by atoms with van der Waals surface area (Å²) in [5, 5.41) is 8.76. The molecule has 3 heterocycles. The molecule has 0 spiro atoms. The summed E-state index contributed by atoms with van der Waals surface area (Å²) < 4.78 is 27.1. The summed E-state index contributed by atoms with van der Waals surface area (Å²) in [6.45, 7) is 6.61. The number of benzene rings is 2. The largest absolute Gasteiger partial charge is 0.461 e. The number of aromatic nitrogens is 3. The van der Waals surface area contributed by atoms with E-state index < -0.39 is 11.8 Å². The molecule has 1 fully saturated rings. The highest BCUT2D eigenvalue weighted by atomic mass is 35.5. The number of carbonyl (C=O) groups excluding carboxylic acids is 2. The van der Waals surface area contributed by atoms with Crippen LogP contribution in [0.5, 0.6) is 0 Å². The highest BCUT2D eigenvalue weighted by Gasteiger charge is 2.32. The van der Waals surface area contributed by atoms with Gasteiger partial charge in [0.05, 0.1) is 28.9 Å². The molecule has 208 valence electrons. The molecule has 0 aliphatic carbocycles. The second kappa shape index (κ2) is 11.6. The van der Waals surface area contributed by atoms with Crippen molar-refractivity contribution in [1.29, 1.82) is 0 Å². The number of carbonyl (C=O) groups is 2. The van der Waals surface area contributed by atoms with Crippen molar-refractivity contribution in [3.8, 4) is 22.5 Å². The monoisotopic (exact) mass is 564 g/mol. The Hall–Kier alpha value is -3.98. The van der Waals surface area contributed by atoms with Gasteiger partial charge in [0.1, 0.15) is 22.8 Å². The molecule has 1 aliphatic rings. The number of hydrogen-bond donors (Lipinski definition) is 0. The SMILES string of the molecule is CCOC(=O)c1cc(-c2ccc(CC)cc2)n(C2CCN(C(=O)c3c(-c4c(F)cccc4Cl)noc3C)CC2)n1. The molecule has 1 amide bonds. The van der Waals surface area contributed by atoms with E-state index in [-0.39, 0.29) is 46.1 Å². The van der Waals surface area contributed by atoms with E-state index >= 15 is 0 Å². The number of aryl methyl sites for hydroxylation is 2. The normalized spacial score (nSPS) is 14.0. The highest BCUT2D eigenvalue weighted by Crippen LogP contribution is 2.35. The minimum atomic E-state index is -0.579. The van der Waals surface area contributed by atoms with Crippen molar-refractivity contribution < 1.29 is 23.2 Å². The fourth-order valence-corrected chi connectivity index (χ4v) is 5.35. The molecule has 5 rings (SSSR count). The minimum Gasteiger partial charge on any atom is -0.461 e. The van der Waals surface area contributed by atoms with Crippen LogP contribution in [0, 0.1) is 12.7 Å². The zero-order chi connectivity index (χ0) is 28.4. The lowest BCUT2D eigenvalue weighted by molar-refractivity contribution is 0.0517. The van der Waals surface area contributed by atoms with Crippen LogP contribution in [0.15, 0.2) is 53.1 Å². The predicted molar refractivity (Wildman–Crippen MR) is 149 cm³/mol.